The smallest absolute Gasteiger partial charge is 0.258 e. The molecular weight excluding hydrogens is 333 g/mol. The second kappa shape index (κ2) is 5.98. The van der Waals surface area contributed by atoms with Crippen molar-refractivity contribution < 1.29 is 9.18 Å². The molecule has 0 saturated heterocycles. The highest BCUT2D eigenvalue weighted by Crippen LogP contribution is 2.28. The first kappa shape index (κ1) is 14.3. The summed E-state index contributed by atoms with van der Waals surface area (Å²) in [5, 5.41) is 2.85. The molecule has 0 unspecified atom stereocenters. The fourth-order valence-electron chi connectivity index (χ4n) is 2.76. The molecule has 0 saturated carbocycles. The summed E-state index contributed by atoms with van der Waals surface area (Å²) >= 11 is 3.26. The van der Waals surface area contributed by atoms with Crippen LogP contribution in [0.5, 0.6) is 0 Å². The molecule has 1 aliphatic carbocycles. The molecule has 0 aromatic heterocycles. The maximum absolute atomic E-state index is 13.8. The van der Waals surface area contributed by atoms with Gasteiger partial charge in [-0.3, -0.25) is 4.79 Å². The van der Waals surface area contributed by atoms with E-state index in [2.05, 4.69) is 27.3 Å². The van der Waals surface area contributed by atoms with Gasteiger partial charge in [-0.1, -0.05) is 28.1 Å². The minimum atomic E-state index is -0.513. The molecule has 2 aromatic rings. The summed E-state index contributed by atoms with van der Waals surface area (Å²) in [6.45, 7) is 0. The molecule has 2 nitrogen and oxygen atoms in total. The Morgan fingerprint density at radius 1 is 1.14 bits per heavy atom. The van der Waals surface area contributed by atoms with Crippen LogP contribution in [0.15, 0.2) is 40.9 Å². The van der Waals surface area contributed by atoms with Crippen LogP contribution >= 0.6 is 15.9 Å². The number of hydrogen-bond acceptors (Lipinski definition) is 1. The van der Waals surface area contributed by atoms with Crippen molar-refractivity contribution in [3.05, 3.63) is 63.4 Å². The van der Waals surface area contributed by atoms with Gasteiger partial charge in [0, 0.05) is 10.2 Å². The fourth-order valence-corrected chi connectivity index (χ4v) is 3.12. The summed E-state index contributed by atoms with van der Waals surface area (Å²) in [4.78, 5) is 12.3. The molecular formula is C17H15BrFNO. The van der Waals surface area contributed by atoms with Crippen molar-refractivity contribution in [2.75, 3.05) is 5.32 Å². The fraction of sp³-hybridized carbons (Fsp3) is 0.235. The normalized spacial score (nSPS) is 13.6. The van der Waals surface area contributed by atoms with Crippen LogP contribution in [0, 0.1) is 5.82 Å². The number of aryl methyl sites for hydroxylation is 1. The molecule has 1 N–H and O–H groups in total. The molecule has 0 spiro atoms. The highest BCUT2D eigenvalue weighted by Gasteiger charge is 2.17. The van der Waals surface area contributed by atoms with Crippen molar-refractivity contribution >= 4 is 27.5 Å². The first-order valence-corrected chi connectivity index (χ1v) is 7.81. The maximum atomic E-state index is 13.8. The van der Waals surface area contributed by atoms with Crippen molar-refractivity contribution in [2.24, 2.45) is 0 Å². The van der Waals surface area contributed by atoms with Crippen LogP contribution in [0.25, 0.3) is 0 Å². The van der Waals surface area contributed by atoms with E-state index in [1.54, 1.807) is 6.07 Å². The molecule has 1 amide bonds. The Morgan fingerprint density at radius 2 is 1.95 bits per heavy atom. The number of amides is 1. The predicted octanol–water partition coefficient (Wildman–Crippen LogP) is 4.72. The summed E-state index contributed by atoms with van der Waals surface area (Å²) < 4.78 is 14.5. The number of halogens is 2. The van der Waals surface area contributed by atoms with Gasteiger partial charge in [0.25, 0.3) is 5.91 Å². The number of fused-ring (bicyclic) bond motifs is 1. The number of hydrogen-bond donors (Lipinski definition) is 1. The second-order valence-corrected chi connectivity index (χ2v) is 6.14. The Bertz CT molecular complexity index is 699. The van der Waals surface area contributed by atoms with Gasteiger partial charge in [0.15, 0.2) is 0 Å². The van der Waals surface area contributed by atoms with Gasteiger partial charge in [-0.2, -0.15) is 0 Å². The number of rotatable bonds is 2. The van der Waals surface area contributed by atoms with Gasteiger partial charge in [-0.15, -0.1) is 0 Å². The van der Waals surface area contributed by atoms with Gasteiger partial charge in [0.05, 0.1) is 5.56 Å². The lowest BCUT2D eigenvalue weighted by Crippen LogP contribution is -2.16. The Kier molecular flexibility index (Phi) is 4.06. The highest BCUT2D eigenvalue weighted by atomic mass is 79.9. The third-order valence-corrected chi connectivity index (χ3v) is 4.31. The monoisotopic (exact) mass is 347 g/mol. The lowest BCUT2D eigenvalue weighted by molar-refractivity contribution is 0.102. The van der Waals surface area contributed by atoms with Crippen LogP contribution in [0.3, 0.4) is 0 Å². The summed E-state index contributed by atoms with van der Waals surface area (Å²) in [5.74, 6) is -0.923. The highest BCUT2D eigenvalue weighted by molar-refractivity contribution is 9.10. The Hall–Kier alpha value is -1.68. The van der Waals surface area contributed by atoms with E-state index in [9.17, 15) is 9.18 Å². The molecule has 1 aliphatic rings. The Labute approximate surface area is 131 Å². The number of carbonyl (C=O) groups is 1. The molecule has 4 heteroatoms. The first-order chi connectivity index (χ1) is 10.1. The zero-order valence-electron chi connectivity index (χ0n) is 11.5. The van der Waals surface area contributed by atoms with Gasteiger partial charge in [-0.25, -0.2) is 4.39 Å². The van der Waals surface area contributed by atoms with Crippen molar-refractivity contribution in [1.29, 1.82) is 0 Å². The van der Waals surface area contributed by atoms with E-state index >= 15 is 0 Å². The van der Waals surface area contributed by atoms with Crippen LogP contribution in [-0.2, 0) is 12.8 Å². The zero-order valence-corrected chi connectivity index (χ0v) is 13.0. The van der Waals surface area contributed by atoms with Crippen molar-refractivity contribution in [1.82, 2.24) is 0 Å². The van der Waals surface area contributed by atoms with E-state index in [0.29, 0.717) is 4.47 Å². The predicted molar refractivity (Wildman–Crippen MR) is 85.1 cm³/mol. The molecule has 2 aromatic carbocycles. The van der Waals surface area contributed by atoms with Crippen LogP contribution in [0.2, 0.25) is 0 Å². The molecule has 0 radical (unpaired) electrons. The number of nitrogens with one attached hydrogen (secondary N) is 1. The lowest BCUT2D eigenvalue weighted by Gasteiger charge is -2.19. The van der Waals surface area contributed by atoms with Crippen LogP contribution in [-0.4, -0.2) is 5.91 Å². The van der Waals surface area contributed by atoms with E-state index in [4.69, 9.17) is 0 Å². The van der Waals surface area contributed by atoms with E-state index < -0.39 is 11.7 Å². The topological polar surface area (TPSA) is 29.1 Å². The maximum Gasteiger partial charge on any atom is 0.258 e. The van der Waals surface area contributed by atoms with Gasteiger partial charge >= 0.3 is 0 Å². The van der Waals surface area contributed by atoms with Gasteiger partial charge in [0.1, 0.15) is 5.82 Å². The van der Waals surface area contributed by atoms with Gasteiger partial charge in [-0.05, 0) is 61.1 Å². The summed E-state index contributed by atoms with van der Waals surface area (Å²) in [7, 11) is 0. The first-order valence-electron chi connectivity index (χ1n) is 7.02. The Balaban J connectivity index is 1.90. The minimum Gasteiger partial charge on any atom is -0.322 e. The van der Waals surface area contributed by atoms with Gasteiger partial charge in [0.2, 0.25) is 0 Å². The standard InChI is InChI=1S/C17H15BrFNO/c18-12-8-9-15(19)14(10-12)17(21)20-16-7-3-5-11-4-1-2-6-13(11)16/h3,5,7-10H,1-2,4,6H2,(H,20,21). The van der Waals surface area contributed by atoms with E-state index in [0.717, 1.165) is 24.9 Å². The van der Waals surface area contributed by atoms with Crippen LogP contribution in [0.1, 0.15) is 34.3 Å². The van der Waals surface area contributed by atoms with E-state index in [1.165, 1.54) is 29.7 Å². The number of carbonyl (C=O) groups excluding carboxylic acids is 1. The summed E-state index contributed by atoms with van der Waals surface area (Å²) in [6, 6.07) is 10.3. The lowest BCUT2D eigenvalue weighted by atomic mass is 9.90. The molecule has 3 rings (SSSR count). The average Bonchev–Trinajstić information content (AvgIpc) is 2.50. The average molecular weight is 348 g/mol. The molecule has 0 fully saturated rings. The third-order valence-electron chi connectivity index (χ3n) is 3.82. The van der Waals surface area contributed by atoms with Crippen molar-refractivity contribution in [3.63, 3.8) is 0 Å². The minimum absolute atomic E-state index is 0.0535. The largest absolute Gasteiger partial charge is 0.322 e. The van der Waals surface area contributed by atoms with Crippen molar-refractivity contribution in [2.45, 2.75) is 25.7 Å². The van der Waals surface area contributed by atoms with E-state index in [1.807, 2.05) is 12.1 Å². The molecule has 21 heavy (non-hydrogen) atoms. The molecule has 0 aliphatic heterocycles. The molecule has 108 valence electrons. The Morgan fingerprint density at radius 3 is 2.81 bits per heavy atom. The summed E-state index contributed by atoms with van der Waals surface area (Å²) in [6.07, 6.45) is 4.33. The second-order valence-electron chi connectivity index (χ2n) is 5.23. The molecule has 0 heterocycles. The molecule has 0 atom stereocenters. The number of anilines is 1. The zero-order chi connectivity index (χ0) is 14.8. The number of benzene rings is 2. The van der Waals surface area contributed by atoms with E-state index in [-0.39, 0.29) is 5.56 Å². The molecule has 0 bridgehead atoms. The van der Waals surface area contributed by atoms with Crippen LogP contribution < -0.4 is 5.32 Å². The quantitative estimate of drug-likeness (QED) is 0.836. The third kappa shape index (κ3) is 3.00. The summed E-state index contributed by atoms with van der Waals surface area (Å²) in [5.41, 5.74) is 3.33. The van der Waals surface area contributed by atoms with Gasteiger partial charge < -0.3 is 5.32 Å². The SMILES string of the molecule is O=C(Nc1cccc2c1CCCC2)c1cc(Br)ccc1F. The van der Waals surface area contributed by atoms with Crippen LogP contribution in [0.4, 0.5) is 10.1 Å². The van der Waals surface area contributed by atoms with Crippen molar-refractivity contribution in [3.8, 4) is 0 Å².